The molecule has 86 valence electrons. The monoisotopic (exact) mass is 227 g/mol. The number of nitrogens with zero attached hydrogens (tertiary/aromatic N) is 1. The molecule has 2 nitrogen and oxygen atoms in total. The Balaban J connectivity index is 1.95. The molecule has 0 aliphatic carbocycles. The second-order valence-corrected chi connectivity index (χ2v) is 5.04. The standard InChI is InChI=1S/C12H21NOS/c1-2-3-4-5-6-7-8-10-13-11-9-12(14)15-13/h9,11H,2-8,10H2,1H3. The van der Waals surface area contributed by atoms with Crippen LogP contribution in [0.15, 0.2) is 17.1 Å². The summed E-state index contributed by atoms with van der Waals surface area (Å²) in [4.78, 5) is 10.9. The van der Waals surface area contributed by atoms with Crippen LogP contribution in [0.5, 0.6) is 0 Å². The quantitative estimate of drug-likeness (QED) is 0.621. The SMILES string of the molecule is CCCCCCCCCn1ccc(=O)s1. The maximum absolute atomic E-state index is 10.9. The van der Waals surface area contributed by atoms with Crippen molar-refractivity contribution in [1.82, 2.24) is 3.96 Å². The highest BCUT2D eigenvalue weighted by molar-refractivity contribution is 7.03. The van der Waals surface area contributed by atoms with Gasteiger partial charge in [-0.3, -0.25) is 4.79 Å². The summed E-state index contributed by atoms with van der Waals surface area (Å²) < 4.78 is 2.20. The minimum atomic E-state index is 0.165. The molecule has 0 aromatic carbocycles. The van der Waals surface area contributed by atoms with Crippen LogP contribution in [-0.2, 0) is 6.54 Å². The summed E-state index contributed by atoms with van der Waals surface area (Å²) in [6, 6.07) is 1.64. The molecule has 0 aliphatic rings. The van der Waals surface area contributed by atoms with Crippen molar-refractivity contribution in [1.29, 1.82) is 0 Å². The highest BCUT2D eigenvalue weighted by Crippen LogP contribution is 2.08. The van der Waals surface area contributed by atoms with E-state index in [1.54, 1.807) is 6.07 Å². The van der Waals surface area contributed by atoms with Crippen molar-refractivity contribution in [3.05, 3.63) is 21.8 Å². The molecule has 0 unspecified atom stereocenters. The molecular formula is C12H21NOS. The average molecular weight is 227 g/mol. The summed E-state index contributed by atoms with van der Waals surface area (Å²) in [5.74, 6) is 0. The Labute approximate surface area is 96.1 Å². The van der Waals surface area contributed by atoms with Crippen molar-refractivity contribution < 1.29 is 0 Å². The van der Waals surface area contributed by atoms with Crippen molar-refractivity contribution in [3.63, 3.8) is 0 Å². The molecule has 0 saturated heterocycles. The van der Waals surface area contributed by atoms with Crippen molar-refractivity contribution in [2.75, 3.05) is 0 Å². The highest BCUT2D eigenvalue weighted by atomic mass is 32.1. The van der Waals surface area contributed by atoms with Gasteiger partial charge < -0.3 is 3.96 Å². The van der Waals surface area contributed by atoms with Gasteiger partial charge in [0.15, 0.2) is 0 Å². The number of rotatable bonds is 8. The van der Waals surface area contributed by atoms with Crippen molar-refractivity contribution >= 4 is 11.5 Å². The maximum Gasteiger partial charge on any atom is 0.249 e. The molecule has 3 heteroatoms. The molecule has 0 N–H and O–H groups in total. The van der Waals surface area contributed by atoms with Crippen LogP contribution in [0.3, 0.4) is 0 Å². The van der Waals surface area contributed by atoms with E-state index in [-0.39, 0.29) is 4.74 Å². The highest BCUT2D eigenvalue weighted by Gasteiger charge is 1.94. The number of hydrogen-bond donors (Lipinski definition) is 0. The Morgan fingerprint density at radius 1 is 1.13 bits per heavy atom. The van der Waals surface area contributed by atoms with Crippen LogP contribution in [0, 0.1) is 0 Å². The lowest BCUT2D eigenvalue weighted by molar-refractivity contribution is 0.562. The first-order valence-corrected chi connectivity index (χ1v) is 6.77. The normalized spacial score (nSPS) is 10.7. The fourth-order valence-corrected chi connectivity index (χ4v) is 2.36. The lowest BCUT2D eigenvalue weighted by Crippen LogP contribution is -1.92. The minimum absolute atomic E-state index is 0.165. The van der Waals surface area contributed by atoms with E-state index in [0.29, 0.717) is 0 Å². The predicted molar refractivity (Wildman–Crippen MR) is 66.6 cm³/mol. The van der Waals surface area contributed by atoms with Gasteiger partial charge in [0.2, 0.25) is 4.74 Å². The third-order valence-corrected chi connectivity index (χ3v) is 3.42. The second kappa shape index (κ2) is 7.69. The number of unbranched alkanes of at least 4 members (excludes halogenated alkanes) is 6. The van der Waals surface area contributed by atoms with Crippen LogP contribution in [-0.4, -0.2) is 3.96 Å². The maximum atomic E-state index is 10.9. The molecule has 1 rings (SSSR count). The molecule has 0 spiro atoms. The first-order valence-electron chi connectivity index (χ1n) is 5.99. The molecule has 1 aromatic rings. The number of aromatic nitrogens is 1. The zero-order valence-corrected chi connectivity index (χ0v) is 10.4. The van der Waals surface area contributed by atoms with Gasteiger partial charge in [0, 0.05) is 18.8 Å². The van der Waals surface area contributed by atoms with Crippen LogP contribution in [0.2, 0.25) is 0 Å². The van der Waals surface area contributed by atoms with Crippen molar-refractivity contribution in [2.24, 2.45) is 0 Å². The van der Waals surface area contributed by atoms with E-state index in [0.717, 1.165) is 6.54 Å². The molecule has 0 fully saturated rings. The first kappa shape index (κ1) is 12.5. The first-order chi connectivity index (χ1) is 7.33. The van der Waals surface area contributed by atoms with Gasteiger partial charge in [-0.25, -0.2) is 0 Å². The van der Waals surface area contributed by atoms with Gasteiger partial charge in [-0.2, -0.15) is 0 Å². The summed E-state index contributed by atoms with van der Waals surface area (Å²) in [6.07, 6.45) is 11.2. The van der Waals surface area contributed by atoms with Gasteiger partial charge in [0.05, 0.1) is 0 Å². The average Bonchev–Trinajstić information content (AvgIpc) is 2.63. The summed E-state index contributed by atoms with van der Waals surface area (Å²) in [6.45, 7) is 3.26. The Morgan fingerprint density at radius 3 is 2.40 bits per heavy atom. The Hall–Kier alpha value is -0.570. The van der Waals surface area contributed by atoms with Gasteiger partial charge in [0.1, 0.15) is 0 Å². The molecular weight excluding hydrogens is 206 g/mol. The lowest BCUT2D eigenvalue weighted by Gasteiger charge is -2.01. The molecule has 0 saturated carbocycles. The van der Waals surface area contributed by atoms with E-state index in [1.165, 1.54) is 56.5 Å². The van der Waals surface area contributed by atoms with Crippen molar-refractivity contribution in [2.45, 2.75) is 58.4 Å². The van der Waals surface area contributed by atoms with Crippen LogP contribution in [0.4, 0.5) is 0 Å². The van der Waals surface area contributed by atoms with Crippen LogP contribution in [0.1, 0.15) is 51.9 Å². The van der Waals surface area contributed by atoms with Gasteiger partial charge in [-0.05, 0) is 18.0 Å². The third kappa shape index (κ3) is 5.78. The molecule has 15 heavy (non-hydrogen) atoms. The zero-order chi connectivity index (χ0) is 10.9. The minimum Gasteiger partial charge on any atom is -0.302 e. The molecule has 0 aliphatic heterocycles. The molecule has 1 aromatic heterocycles. The third-order valence-electron chi connectivity index (χ3n) is 2.57. The molecule has 1 heterocycles. The van der Waals surface area contributed by atoms with E-state index < -0.39 is 0 Å². The van der Waals surface area contributed by atoms with Crippen LogP contribution in [0.25, 0.3) is 0 Å². The van der Waals surface area contributed by atoms with Gasteiger partial charge in [-0.1, -0.05) is 45.4 Å². The van der Waals surface area contributed by atoms with Gasteiger partial charge in [0.25, 0.3) is 0 Å². The van der Waals surface area contributed by atoms with Crippen LogP contribution < -0.4 is 4.74 Å². The van der Waals surface area contributed by atoms with E-state index in [4.69, 9.17) is 0 Å². The Bertz CT molecular complexity index is 303. The van der Waals surface area contributed by atoms with E-state index in [9.17, 15) is 4.79 Å². The lowest BCUT2D eigenvalue weighted by atomic mass is 10.1. The Kier molecular flexibility index (Phi) is 6.41. The number of aryl methyl sites for hydroxylation is 1. The van der Waals surface area contributed by atoms with Gasteiger partial charge >= 0.3 is 0 Å². The second-order valence-electron chi connectivity index (χ2n) is 3.99. The summed E-state index contributed by atoms with van der Waals surface area (Å²) in [5, 5.41) is 0. The molecule has 0 radical (unpaired) electrons. The number of hydrogen-bond acceptors (Lipinski definition) is 2. The fourth-order valence-electron chi connectivity index (χ4n) is 1.67. The zero-order valence-electron chi connectivity index (χ0n) is 9.58. The van der Waals surface area contributed by atoms with E-state index in [1.807, 2.05) is 10.2 Å². The molecule has 0 amide bonds. The smallest absolute Gasteiger partial charge is 0.249 e. The van der Waals surface area contributed by atoms with Gasteiger partial charge in [-0.15, -0.1) is 0 Å². The summed E-state index contributed by atoms with van der Waals surface area (Å²) in [5.41, 5.74) is 0. The van der Waals surface area contributed by atoms with Crippen molar-refractivity contribution in [3.8, 4) is 0 Å². The molecule has 0 atom stereocenters. The topological polar surface area (TPSA) is 22.0 Å². The van der Waals surface area contributed by atoms with Crippen LogP contribution >= 0.6 is 11.5 Å². The largest absolute Gasteiger partial charge is 0.302 e. The summed E-state index contributed by atoms with van der Waals surface area (Å²) >= 11 is 1.32. The predicted octanol–water partition coefficient (Wildman–Crippen LogP) is 3.66. The van der Waals surface area contributed by atoms with E-state index >= 15 is 0 Å². The summed E-state index contributed by atoms with van der Waals surface area (Å²) in [7, 11) is 0. The fraction of sp³-hybridized carbons (Fsp3) is 0.750. The molecule has 0 bridgehead atoms. The Morgan fingerprint density at radius 2 is 1.80 bits per heavy atom. The van der Waals surface area contributed by atoms with E-state index in [2.05, 4.69) is 6.92 Å².